The first-order valence-corrected chi connectivity index (χ1v) is 6.06. The summed E-state index contributed by atoms with van der Waals surface area (Å²) in [4.78, 5) is 8.59. The highest BCUT2D eigenvalue weighted by Crippen LogP contribution is 2.26. The number of aromatic nitrogens is 2. The van der Waals surface area contributed by atoms with Gasteiger partial charge in [-0.2, -0.15) is 0 Å². The van der Waals surface area contributed by atoms with Crippen LogP contribution in [0.2, 0.25) is 5.15 Å². The minimum absolute atomic E-state index is 0.231. The highest BCUT2D eigenvalue weighted by molar-refractivity contribution is 6.29. The molecule has 0 saturated heterocycles. The highest BCUT2D eigenvalue weighted by Gasteiger charge is 2.19. The summed E-state index contributed by atoms with van der Waals surface area (Å²) < 4.78 is 13.7. The first-order chi connectivity index (χ1) is 8.38. The maximum Gasteiger partial charge on any atom is 0.136 e. The van der Waals surface area contributed by atoms with Gasteiger partial charge in [0.25, 0.3) is 0 Å². The van der Waals surface area contributed by atoms with Crippen LogP contribution in [0.3, 0.4) is 0 Å². The maximum atomic E-state index is 13.7. The molecule has 2 aromatic rings. The molecule has 0 radical (unpaired) electrons. The highest BCUT2D eigenvalue weighted by atomic mass is 35.5. The number of halogens is 2. The predicted octanol–water partition coefficient (Wildman–Crippen LogP) is 4.23. The van der Waals surface area contributed by atoms with Crippen LogP contribution in [-0.2, 0) is 5.41 Å². The van der Waals surface area contributed by atoms with E-state index in [1.807, 2.05) is 20.8 Å². The largest absolute Gasteiger partial charge is 0.232 e. The lowest BCUT2D eigenvalue weighted by Gasteiger charge is -2.17. The van der Waals surface area contributed by atoms with Crippen molar-refractivity contribution in [3.05, 3.63) is 47.1 Å². The number of hydrogen-bond acceptors (Lipinski definition) is 2. The second-order valence-corrected chi connectivity index (χ2v) is 5.52. The fourth-order valence-electron chi connectivity index (χ4n) is 1.56. The zero-order valence-corrected chi connectivity index (χ0v) is 11.3. The van der Waals surface area contributed by atoms with E-state index in [0.717, 1.165) is 0 Å². The molecule has 18 heavy (non-hydrogen) atoms. The van der Waals surface area contributed by atoms with Gasteiger partial charge in [0, 0.05) is 17.0 Å². The van der Waals surface area contributed by atoms with Gasteiger partial charge in [-0.15, -0.1) is 0 Å². The molecule has 0 amide bonds. The average molecular weight is 265 g/mol. The third-order valence-corrected chi connectivity index (χ3v) is 2.71. The van der Waals surface area contributed by atoms with Crippen molar-refractivity contribution in [1.82, 2.24) is 9.97 Å². The van der Waals surface area contributed by atoms with Crippen LogP contribution < -0.4 is 0 Å². The van der Waals surface area contributed by atoms with Crippen molar-refractivity contribution in [1.29, 1.82) is 0 Å². The van der Waals surface area contributed by atoms with Crippen LogP contribution in [0.1, 0.15) is 26.6 Å². The van der Waals surface area contributed by atoms with Gasteiger partial charge in [0.15, 0.2) is 0 Å². The molecule has 0 spiro atoms. The molecule has 0 aliphatic rings. The minimum Gasteiger partial charge on any atom is -0.232 e. The lowest BCUT2D eigenvalue weighted by Crippen LogP contribution is -2.16. The summed E-state index contributed by atoms with van der Waals surface area (Å²) in [6, 6.07) is 8.08. The quantitative estimate of drug-likeness (QED) is 0.720. The van der Waals surface area contributed by atoms with E-state index in [9.17, 15) is 4.39 Å². The van der Waals surface area contributed by atoms with Crippen molar-refractivity contribution < 1.29 is 4.39 Å². The zero-order valence-electron chi connectivity index (χ0n) is 10.5. The van der Waals surface area contributed by atoms with E-state index in [0.29, 0.717) is 22.2 Å². The van der Waals surface area contributed by atoms with Crippen molar-refractivity contribution in [3.8, 4) is 11.3 Å². The van der Waals surface area contributed by atoms with Gasteiger partial charge in [0.2, 0.25) is 0 Å². The van der Waals surface area contributed by atoms with Crippen molar-refractivity contribution >= 4 is 11.6 Å². The first-order valence-electron chi connectivity index (χ1n) is 5.68. The fourth-order valence-corrected chi connectivity index (χ4v) is 1.74. The molecule has 0 aliphatic heterocycles. The molecule has 0 N–H and O–H groups in total. The predicted molar refractivity (Wildman–Crippen MR) is 71.1 cm³/mol. The van der Waals surface area contributed by atoms with E-state index >= 15 is 0 Å². The Kier molecular flexibility index (Phi) is 3.35. The van der Waals surface area contributed by atoms with Gasteiger partial charge in [0.1, 0.15) is 16.8 Å². The molecule has 4 heteroatoms. The molecule has 1 heterocycles. The Labute approximate surface area is 111 Å². The molecule has 2 rings (SSSR count). The summed E-state index contributed by atoms with van der Waals surface area (Å²) in [5.74, 6) is 0.292. The Hall–Kier alpha value is -1.48. The third kappa shape index (κ3) is 2.67. The zero-order chi connectivity index (χ0) is 13.3. The van der Waals surface area contributed by atoms with Crippen molar-refractivity contribution in [3.63, 3.8) is 0 Å². The number of hydrogen-bond donors (Lipinski definition) is 0. The van der Waals surface area contributed by atoms with E-state index in [2.05, 4.69) is 9.97 Å². The Morgan fingerprint density at radius 1 is 1.11 bits per heavy atom. The summed E-state index contributed by atoms with van der Waals surface area (Å²) in [6.45, 7) is 5.97. The Morgan fingerprint density at radius 3 is 2.39 bits per heavy atom. The molecule has 2 nitrogen and oxygen atoms in total. The SMILES string of the molecule is CC(C)(C)c1nc(Cl)cc(-c2ccccc2F)n1. The van der Waals surface area contributed by atoms with Crippen LogP contribution >= 0.6 is 11.6 Å². The topological polar surface area (TPSA) is 25.8 Å². The van der Waals surface area contributed by atoms with E-state index in [1.165, 1.54) is 6.07 Å². The molecule has 1 aromatic carbocycles. The molecule has 0 fully saturated rings. The van der Waals surface area contributed by atoms with Crippen LogP contribution in [0.4, 0.5) is 4.39 Å². The molecular weight excluding hydrogens is 251 g/mol. The number of rotatable bonds is 1. The van der Waals surface area contributed by atoms with Crippen LogP contribution in [0.15, 0.2) is 30.3 Å². The summed E-state index contributed by atoms with van der Waals surface area (Å²) in [5, 5.41) is 0.327. The van der Waals surface area contributed by atoms with Gasteiger partial charge in [-0.05, 0) is 12.1 Å². The van der Waals surface area contributed by atoms with E-state index in [4.69, 9.17) is 11.6 Å². The Morgan fingerprint density at radius 2 is 1.78 bits per heavy atom. The second kappa shape index (κ2) is 4.65. The standard InChI is InChI=1S/C14H14ClFN2/c1-14(2,3)13-17-11(8-12(15)18-13)9-6-4-5-7-10(9)16/h4-8H,1-3H3. The van der Waals surface area contributed by atoms with E-state index < -0.39 is 0 Å². The monoisotopic (exact) mass is 264 g/mol. The smallest absolute Gasteiger partial charge is 0.136 e. The molecule has 0 atom stereocenters. The molecule has 0 unspecified atom stereocenters. The lowest BCUT2D eigenvalue weighted by atomic mass is 9.95. The van der Waals surface area contributed by atoms with Crippen LogP contribution in [0, 0.1) is 5.82 Å². The average Bonchev–Trinajstić information content (AvgIpc) is 2.27. The number of nitrogens with zero attached hydrogens (tertiary/aromatic N) is 2. The van der Waals surface area contributed by atoms with Crippen LogP contribution in [-0.4, -0.2) is 9.97 Å². The van der Waals surface area contributed by atoms with Gasteiger partial charge in [-0.3, -0.25) is 0 Å². The van der Waals surface area contributed by atoms with Crippen molar-refractivity contribution in [2.75, 3.05) is 0 Å². The van der Waals surface area contributed by atoms with E-state index in [1.54, 1.807) is 24.3 Å². The number of benzene rings is 1. The Bertz CT molecular complexity index is 576. The van der Waals surface area contributed by atoms with Crippen LogP contribution in [0.25, 0.3) is 11.3 Å². The van der Waals surface area contributed by atoms with Gasteiger partial charge in [-0.1, -0.05) is 44.5 Å². The summed E-state index contributed by atoms with van der Waals surface area (Å²) in [5.41, 5.74) is 0.718. The van der Waals surface area contributed by atoms with Gasteiger partial charge < -0.3 is 0 Å². The van der Waals surface area contributed by atoms with Crippen LogP contribution in [0.5, 0.6) is 0 Å². The summed E-state index contributed by atoms with van der Waals surface area (Å²) in [6.07, 6.45) is 0. The normalized spacial score (nSPS) is 11.6. The minimum atomic E-state index is -0.313. The maximum absolute atomic E-state index is 13.7. The third-order valence-electron chi connectivity index (χ3n) is 2.52. The van der Waals surface area contributed by atoms with Gasteiger partial charge in [0.05, 0.1) is 5.69 Å². The van der Waals surface area contributed by atoms with E-state index in [-0.39, 0.29) is 11.2 Å². The summed E-state index contributed by atoms with van der Waals surface area (Å²) >= 11 is 5.98. The molecule has 0 bridgehead atoms. The van der Waals surface area contributed by atoms with Gasteiger partial charge >= 0.3 is 0 Å². The van der Waals surface area contributed by atoms with Crippen molar-refractivity contribution in [2.24, 2.45) is 0 Å². The Balaban J connectivity index is 2.60. The van der Waals surface area contributed by atoms with Gasteiger partial charge in [-0.25, -0.2) is 14.4 Å². The first kappa shape index (κ1) is 13.0. The fraction of sp³-hybridized carbons (Fsp3) is 0.286. The lowest BCUT2D eigenvalue weighted by molar-refractivity contribution is 0.545. The second-order valence-electron chi connectivity index (χ2n) is 5.13. The molecule has 94 valence electrons. The molecule has 0 aliphatic carbocycles. The molecular formula is C14H14ClFN2. The summed E-state index contributed by atoms with van der Waals surface area (Å²) in [7, 11) is 0. The van der Waals surface area contributed by atoms with Crippen molar-refractivity contribution in [2.45, 2.75) is 26.2 Å². The molecule has 0 saturated carbocycles. The molecule has 1 aromatic heterocycles.